The summed E-state index contributed by atoms with van der Waals surface area (Å²) in [6, 6.07) is 0. The van der Waals surface area contributed by atoms with Crippen molar-refractivity contribution in [2.75, 3.05) is 11.5 Å². The number of hydrogen-bond acceptors (Lipinski definition) is 3. The fourth-order valence-corrected chi connectivity index (χ4v) is 3.58. The van der Waals surface area contributed by atoms with Gasteiger partial charge in [-0.2, -0.15) is 11.8 Å². The molecule has 1 amide bonds. The number of amides is 1. The van der Waals surface area contributed by atoms with E-state index in [9.17, 15) is 14.7 Å². The summed E-state index contributed by atoms with van der Waals surface area (Å²) in [4.78, 5) is 23.5. The van der Waals surface area contributed by atoms with Crippen molar-refractivity contribution >= 4 is 23.6 Å². The molecule has 1 aliphatic rings. The van der Waals surface area contributed by atoms with Crippen molar-refractivity contribution in [1.29, 1.82) is 0 Å². The van der Waals surface area contributed by atoms with E-state index >= 15 is 0 Å². The Labute approximate surface area is 126 Å². The zero-order valence-electron chi connectivity index (χ0n) is 12.6. The molecule has 1 fully saturated rings. The van der Waals surface area contributed by atoms with Gasteiger partial charge >= 0.3 is 5.97 Å². The van der Waals surface area contributed by atoms with E-state index in [1.807, 2.05) is 0 Å². The minimum absolute atomic E-state index is 0.136. The predicted molar refractivity (Wildman–Crippen MR) is 83.0 cm³/mol. The van der Waals surface area contributed by atoms with Crippen LogP contribution in [0.15, 0.2) is 0 Å². The highest BCUT2D eigenvalue weighted by molar-refractivity contribution is 7.99. The molecule has 20 heavy (non-hydrogen) atoms. The Kier molecular flexibility index (Phi) is 7.41. The van der Waals surface area contributed by atoms with E-state index in [2.05, 4.69) is 19.2 Å². The van der Waals surface area contributed by atoms with E-state index in [1.54, 1.807) is 11.8 Å². The summed E-state index contributed by atoms with van der Waals surface area (Å²) in [5.41, 5.74) is -1.02. The van der Waals surface area contributed by atoms with Crippen molar-refractivity contribution < 1.29 is 14.7 Å². The first-order valence-corrected chi connectivity index (χ1v) is 8.81. The van der Waals surface area contributed by atoms with E-state index in [0.717, 1.165) is 37.9 Å². The first kappa shape index (κ1) is 17.3. The van der Waals surface area contributed by atoms with Gasteiger partial charge in [-0.05, 0) is 43.8 Å². The van der Waals surface area contributed by atoms with Gasteiger partial charge in [-0.1, -0.05) is 26.7 Å². The van der Waals surface area contributed by atoms with Crippen molar-refractivity contribution in [3.63, 3.8) is 0 Å². The van der Waals surface area contributed by atoms with Gasteiger partial charge in [-0.3, -0.25) is 4.79 Å². The lowest BCUT2D eigenvalue weighted by Crippen LogP contribution is -2.56. The average Bonchev–Trinajstić information content (AvgIpc) is 2.44. The van der Waals surface area contributed by atoms with Gasteiger partial charge in [0.1, 0.15) is 5.54 Å². The van der Waals surface area contributed by atoms with Gasteiger partial charge < -0.3 is 10.4 Å². The van der Waals surface area contributed by atoms with Crippen molar-refractivity contribution in [3.8, 4) is 0 Å². The lowest BCUT2D eigenvalue weighted by molar-refractivity contribution is -0.149. The molecule has 4 nitrogen and oxygen atoms in total. The Morgan fingerprint density at radius 1 is 1.30 bits per heavy atom. The van der Waals surface area contributed by atoms with Crippen molar-refractivity contribution in [2.24, 2.45) is 5.92 Å². The highest BCUT2D eigenvalue weighted by Gasteiger charge is 2.42. The number of aliphatic carboxylic acids is 1. The molecule has 1 rings (SSSR count). The number of carboxylic acids is 1. The van der Waals surface area contributed by atoms with Crippen LogP contribution < -0.4 is 5.32 Å². The molecule has 0 radical (unpaired) electrons. The SMILES string of the molecule is CCCCSCC(=O)NC1(C(=O)O)CCC(CC)CC1. The summed E-state index contributed by atoms with van der Waals surface area (Å²) in [5.74, 6) is 0.925. The molecule has 1 aliphatic carbocycles. The quantitative estimate of drug-likeness (QED) is 0.676. The number of hydrogen-bond donors (Lipinski definition) is 2. The third-order valence-electron chi connectivity index (χ3n) is 4.20. The number of carboxylic acid groups (broad SMARTS) is 1. The number of carbonyl (C=O) groups excluding carboxylic acids is 1. The van der Waals surface area contributed by atoms with Crippen LogP contribution in [-0.2, 0) is 9.59 Å². The van der Waals surface area contributed by atoms with Crippen LogP contribution in [0.25, 0.3) is 0 Å². The maximum Gasteiger partial charge on any atom is 0.329 e. The van der Waals surface area contributed by atoms with E-state index in [4.69, 9.17) is 0 Å². The normalized spacial score (nSPS) is 26.2. The van der Waals surface area contributed by atoms with Crippen LogP contribution in [0.2, 0.25) is 0 Å². The van der Waals surface area contributed by atoms with Gasteiger partial charge in [-0.15, -0.1) is 0 Å². The molecule has 2 N–H and O–H groups in total. The molecule has 0 aromatic carbocycles. The Morgan fingerprint density at radius 2 is 1.95 bits per heavy atom. The molecule has 5 heteroatoms. The summed E-state index contributed by atoms with van der Waals surface area (Å²) < 4.78 is 0. The smallest absolute Gasteiger partial charge is 0.329 e. The molecule has 0 aromatic rings. The zero-order valence-corrected chi connectivity index (χ0v) is 13.4. The van der Waals surface area contributed by atoms with Gasteiger partial charge in [-0.25, -0.2) is 4.79 Å². The van der Waals surface area contributed by atoms with E-state index in [1.165, 1.54) is 0 Å². The lowest BCUT2D eigenvalue weighted by Gasteiger charge is -2.37. The lowest BCUT2D eigenvalue weighted by atomic mass is 9.75. The van der Waals surface area contributed by atoms with Crippen molar-refractivity contribution in [3.05, 3.63) is 0 Å². The van der Waals surface area contributed by atoms with Crippen LogP contribution in [0, 0.1) is 5.92 Å². The van der Waals surface area contributed by atoms with E-state index in [-0.39, 0.29) is 5.91 Å². The standard InChI is InChI=1S/C15H27NO3S/c1-3-5-10-20-11-13(17)16-15(14(18)19)8-6-12(4-2)7-9-15/h12H,3-11H2,1-2H3,(H,16,17)(H,18,19). The van der Waals surface area contributed by atoms with Crippen LogP contribution >= 0.6 is 11.8 Å². The Balaban J connectivity index is 2.47. The largest absolute Gasteiger partial charge is 0.480 e. The van der Waals surface area contributed by atoms with Gasteiger partial charge in [0, 0.05) is 0 Å². The second-order valence-electron chi connectivity index (χ2n) is 5.69. The minimum Gasteiger partial charge on any atom is -0.480 e. The second kappa shape index (κ2) is 8.55. The van der Waals surface area contributed by atoms with Gasteiger partial charge in [0.25, 0.3) is 0 Å². The molecule has 116 valence electrons. The highest BCUT2D eigenvalue weighted by atomic mass is 32.2. The summed E-state index contributed by atoms with van der Waals surface area (Å²) >= 11 is 1.59. The molecule has 0 aromatic heterocycles. The highest BCUT2D eigenvalue weighted by Crippen LogP contribution is 2.34. The first-order chi connectivity index (χ1) is 9.54. The van der Waals surface area contributed by atoms with Gasteiger partial charge in [0.15, 0.2) is 0 Å². The van der Waals surface area contributed by atoms with E-state index in [0.29, 0.717) is 24.5 Å². The fourth-order valence-electron chi connectivity index (χ4n) is 2.69. The maximum absolute atomic E-state index is 11.9. The first-order valence-electron chi connectivity index (χ1n) is 7.66. The van der Waals surface area contributed by atoms with Crippen LogP contribution in [0.3, 0.4) is 0 Å². The monoisotopic (exact) mass is 301 g/mol. The molecule has 1 saturated carbocycles. The van der Waals surface area contributed by atoms with Crippen molar-refractivity contribution in [2.45, 2.75) is 64.3 Å². The Bertz CT molecular complexity index is 325. The molecular formula is C15H27NO3S. The summed E-state index contributed by atoms with van der Waals surface area (Å²) in [6.45, 7) is 4.26. The molecule has 0 unspecified atom stereocenters. The number of thioether (sulfide) groups is 1. The molecule has 0 bridgehead atoms. The molecule has 0 saturated heterocycles. The van der Waals surface area contributed by atoms with E-state index < -0.39 is 11.5 Å². The number of rotatable bonds is 8. The van der Waals surface area contributed by atoms with Crippen molar-refractivity contribution in [1.82, 2.24) is 5.32 Å². The van der Waals surface area contributed by atoms with Crippen LogP contribution in [0.5, 0.6) is 0 Å². The second-order valence-corrected chi connectivity index (χ2v) is 6.80. The summed E-state index contributed by atoms with van der Waals surface area (Å²) in [7, 11) is 0. The summed E-state index contributed by atoms with van der Waals surface area (Å²) in [5, 5.41) is 12.3. The Morgan fingerprint density at radius 3 is 2.45 bits per heavy atom. The van der Waals surface area contributed by atoms with Crippen LogP contribution in [0.4, 0.5) is 0 Å². The molecule has 0 spiro atoms. The zero-order chi connectivity index (χ0) is 15.0. The maximum atomic E-state index is 11.9. The molecule has 0 heterocycles. The number of nitrogens with one attached hydrogen (secondary N) is 1. The molecular weight excluding hydrogens is 274 g/mol. The van der Waals surface area contributed by atoms with Gasteiger partial charge in [0.05, 0.1) is 5.75 Å². The molecule has 0 atom stereocenters. The summed E-state index contributed by atoms with van der Waals surface area (Å²) in [6.07, 6.45) is 6.22. The fraction of sp³-hybridized carbons (Fsp3) is 0.867. The average molecular weight is 301 g/mol. The van der Waals surface area contributed by atoms with Crippen LogP contribution in [-0.4, -0.2) is 34.0 Å². The third kappa shape index (κ3) is 5.00. The third-order valence-corrected chi connectivity index (χ3v) is 5.24. The number of unbranched alkanes of at least 4 members (excludes halogenated alkanes) is 1. The minimum atomic E-state index is -1.02. The predicted octanol–water partition coefficient (Wildman–Crippen LogP) is 3.06. The number of carbonyl (C=O) groups is 2. The topological polar surface area (TPSA) is 66.4 Å². The van der Waals surface area contributed by atoms with Gasteiger partial charge in [0.2, 0.25) is 5.91 Å². The molecule has 0 aliphatic heterocycles. The Hall–Kier alpha value is -0.710. The van der Waals surface area contributed by atoms with Crippen LogP contribution in [0.1, 0.15) is 58.8 Å².